The van der Waals surface area contributed by atoms with Gasteiger partial charge < -0.3 is 4.74 Å². The second-order valence-electron chi connectivity index (χ2n) is 4.73. The smallest absolute Gasteiger partial charge is 0.361 e. The molecule has 114 valence electrons. The van der Waals surface area contributed by atoms with Crippen LogP contribution in [-0.2, 0) is 9.53 Å². The molecule has 2 aliphatic rings. The van der Waals surface area contributed by atoms with Gasteiger partial charge in [-0.05, 0) is 40.8 Å². The molecular formula is C14H13FIN4O2+. The first kappa shape index (κ1) is 15.0. The molecule has 0 radical (unpaired) electrons. The third-order valence-corrected chi connectivity index (χ3v) is 3.98. The fourth-order valence-electron chi connectivity index (χ4n) is 2.21. The van der Waals surface area contributed by atoms with Gasteiger partial charge in [-0.15, -0.1) is 0 Å². The predicted octanol–water partition coefficient (Wildman–Crippen LogP) is 0.855. The van der Waals surface area contributed by atoms with Crippen molar-refractivity contribution in [3.63, 3.8) is 0 Å². The van der Waals surface area contributed by atoms with Crippen LogP contribution in [-0.4, -0.2) is 31.0 Å². The van der Waals surface area contributed by atoms with Crippen molar-refractivity contribution in [3.8, 4) is 0 Å². The van der Waals surface area contributed by atoms with Crippen molar-refractivity contribution >= 4 is 40.6 Å². The first-order chi connectivity index (χ1) is 10.6. The summed E-state index contributed by atoms with van der Waals surface area (Å²) >= 11 is 2.04. The maximum absolute atomic E-state index is 14.0. The first-order valence-corrected chi connectivity index (χ1v) is 7.55. The van der Waals surface area contributed by atoms with Crippen LogP contribution in [0.15, 0.2) is 47.0 Å². The molecule has 6 nitrogen and oxygen atoms in total. The molecule has 0 aliphatic carbocycles. The normalized spacial score (nSPS) is 19.4. The molecule has 1 aromatic rings. The lowest BCUT2D eigenvalue weighted by atomic mass is 10.3. The summed E-state index contributed by atoms with van der Waals surface area (Å²) in [6.45, 7) is 0.391. The molecule has 0 fully saturated rings. The molecule has 22 heavy (non-hydrogen) atoms. The summed E-state index contributed by atoms with van der Waals surface area (Å²) in [4.78, 5) is 16.9. The van der Waals surface area contributed by atoms with Crippen LogP contribution in [0.5, 0.6) is 0 Å². The van der Waals surface area contributed by atoms with E-state index in [2.05, 4.69) is 10.4 Å². The number of anilines is 1. The summed E-state index contributed by atoms with van der Waals surface area (Å²) in [6.07, 6.45) is 5.08. The number of benzene rings is 1. The average molecular weight is 415 g/mol. The Balaban J connectivity index is 1.90. The van der Waals surface area contributed by atoms with Gasteiger partial charge in [0.05, 0.1) is 19.0 Å². The highest BCUT2D eigenvalue weighted by Crippen LogP contribution is 2.20. The standard InChI is InChI=1S/C14H12FIN4O2/c1-22-14(21)13-7-19-8-17-5-10(19)6-20(13)18-12-3-2-9(16)4-11(12)15/h2-5,7-8,18H,6H2,1H3/p+1. The fraction of sp³-hybridized carbons (Fsp3) is 0.143. The van der Waals surface area contributed by atoms with E-state index in [-0.39, 0.29) is 11.5 Å². The number of hydrogen-bond acceptors (Lipinski definition) is 5. The van der Waals surface area contributed by atoms with Gasteiger partial charge in [-0.2, -0.15) is 0 Å². The SMILES string of the molecule is COC(=O)C1=C[NH+]2C=NC=C2CN1Nc1ccc(I)cc1F. The number of hydrogen-bond donors (Lipinski definition) is 2. The molecule has 0 spiro atoms. The Morgan fingerprint density at radius 1 is 1.55 bits per heavy atom. The van der Waals surface area contributed by atoms with Gasteiger partial charge in [-0.25, -0.2) is 19.1 Å². The van der Waals surface area contributed by atoms with Gasteiger partial charge in [-0.3, -0.25) is 10.4 Å². The Hall–Kier alpha value is -1.94. The van der Waals surface area contributed by atoms with Gasteiger partial charge in [-0.1, -0.05) is 0 Å². The number of aliphatic imine (C=N–C) groups is 1. The number of ether oxygens (including phenoxy) is 1. The molecule has 1 unspecified atom stereocenters. The van der Waals surface area contributed by atoms with Crippen LogP contribution in [0.4, 0.5) is 10.1 Å². The zero-order chi connectivity index (χ0) is 15.7. The fourth-order valence-corrected chi connectivity index (χ4v) is 2.66. The monoisotopic (exact) mass is 415 g/mol. The summed E-state index contributed by atoms with van der Waals surface area (Å²) < 4.78 is 19.6. The van der Waals surface area contributed by atoms with Gasteiger partial charge in [0.15, 0.2) is 17.7 Å². The molecule has 2 aliphatic heterocycles. The molecule has 0 saturated heterocycles. The van der Waals surface area contributed by atoms with Crippen LogP contribution in [0.1, 0.15) is 0 Å². The number of carbonyl (C=O) groups excluding carboxylic acids is 1. The molecule has 0 amide bonds. The van der Waals surface area contributed by atoms with E-state index >= 15 is 0 Å². The lowest BCUT2D eigenvalue weighted by Gasteiger charge is -2.30. The molecular weight excluding hydrogens is 402 g/mol. The highest BCUT2D eigenvalue weighted by atomic mass is 127. The van der Waals surface area contributed by atoms with Crippen LogP contribution in [0.3, 0.4) is 0 Å². The van der Waals surface area contributed by atoms with Crippen LogP contribution in [0.25, 0.3) is 0 Å². The van der Waals surface area contributed by atoms with Crippen LogP contribution in [0.2, 0.25) is 0 Å². The van der Waals surface area contributed by atoms with E-state index in [0.29, 0.717) is 12.2 Å². The Morgan fingerprint density at radius 3 is 3.09 bits per heavy atom. The molecule has 0 aromatic heterocycles. The first-order valence-electron chi connectivity index (χ1n) is 6.47. The maximum Gasteiger partial charge on any atom is 0.361 e. The van der Waals surface area contributed by atoms with E-state index in [1.54, 1.807) is 35.9 Å². The quantitative estimate of drug-likeness (QED) is 0.568. The molecule has 1 aromatic carbocycles. The van der Waals surface area contributed by atoms with E-state index in [4.69, 9.17) is 4.74 Å². The second kappa shape index (κ2) is 6.05. The third kappa shape index (κ3) is 2.83. The number of nitrogens with one attached hydrogen (secondary N) is 2. The Labute approximate surface area is 140 Å². The summed E-state index contributed by atoms with van der Waals surface area (Å²) in [7, 11) is 1.31. The maximum atomic E-state index is 14.0. The van der Waals surface area contributed by atoms with Crippen molar-refractivity contribution in [2.75, 3.05) is 19.1 Å². The van der Waals surface area contributed by atoms with Crippen molar-refractivity contribution < 1.29 is 18.8 Å². The Kier molecular flexibility index (Phi) is 4.12. The molecule has 8 heteroatoms. The third-order valence-electron chi connectivity index (χ3n) is 3.31. The van der Waals surface area contributed by atoms with E-state index in [1.165, 1.54) is 13.2 Å². The number of nitrogens with zero attached hydrogens (tertiary/aromatic N) is 2. The van der Waals surface area contributed by atoms with Crippen LogP contribution < -0.4 is 10.3 Å². The second-order valence-corrected chi connectivity index (χ2v) is 5.98. The molecule has 3 rings (SSSR count). The van der Waals surface area contributed by atoms with E-state index in [0.717, 1.165) is 14.2 Å². The van der Waals surface area contributed by atoms with Gasteiger partial charge in [0, 0.05) is 3.57 Å². The van der Waals surface area contributed by atoms with Crippen molar-refractivity contribution in [2.24, 2.45) is 4.99 Å². The summed E-state index contributed by atoms with van der Waals surface area (Å²) in [5, 5.41) is 1.56. The Morgan fingerprint density at radius 2 is 2.36 bits per heavy atom. The molecule has 0 bridgehead atoms. The lowest BCUT2D eigenvalue weighted by molar-refractivity contribution is -0.694. The Bertz CT molecular complexity index is 717. The highest BCUT2D eigenvalue weighted by molar-refractivity contribution is 14.1. The van der Waals surface area contributed by atoms with E-state index < -0.39 is 5.97 Å². The minimum atomic E-state index is -0.495. The van der Waals surface area contributed by atoms with Crippen molar-refractivity contribution in [2.45, 2.75) is 0 Å². The summed E-state index contributed by atoms with van der Waals surface area (Å²) in [5.41, 5.74) is 4.48. The van der Waals surface area contributed by atoms with Crippen molar-refractivity contribution in [1.29, 1.82) is 0 Å². The average Bonchev–Trinajstić information content (AvgIpc) is 2.95. The largest absolute Gasteiger partial charge is 0.464 e. The number of carbonyl (C=O) groups is 1. The number of hydrazine groups is 1. The zero-order valence-corrected chi connectivity index (χ0v) is 13.8. The topological polar surface area (TPSA) is 58.4 Å². The van der Waals surface area contributed by atoms with E-state index in [1.807, 2.05) is 22.6 Å². The van der Waals surface area contributed by atoms with Crippen LogP contribution >= 0.6 is 22.6 Å². The number of rotatable bonds is 3. The number of fused-ring (bicyclic) bond motifs is 1. The van der Waals surface area contributed by atoms with Crippen molar-refractivity contribution in [1.82, 2.24) is 5.01 Å². The van der Waals surface area contributed by atoms with E-state index in [9.17, 15) is 9.18 Å². The lowest BCUT2D eigenvalue weighted by Crippen LogP contribution is -3.05. The van der Waals surface area contributed by atoms with Gasteiger partial charge in [0.2, 0.25) is 0 Å². The molecule has 2 heterocycles. The van der Waals surface area contributed by atoms with Gasteiger partial charge in [0.1, 0.15) is 18.6 Å². The number of halogens is 2. The highest BCUT2D eigenvalue weighted by Gasteiger charge is 2.33. The van der Waals surface area contributed by atoms with Crippen LogP contribution in [0, 0.1) is 9.39 Å². The molecule has 1 atom stereocenters. The summed E-state index contributed by atoms with van der Waals surface area (Å²) in [6, 6.07) is 4.83. The van der Waals surface area contributed by atoms with Crippen molar-refractivity contribution in [3.05, 3.63) is 51.4 Å². The number of esters is 1. The number of methoxy groups -OCH3 is 1. The minimum absolute atomic E-state index is 0.290. The zero-order valence-electron chi connectivity index (χ0n) is 11.6. The minimum Gasteiger partial charge on any atom is -0.464 e. The van der Waals surface area contributed by atoms with Gasteiger partial charge in [0.25, 0.3) is 0 Å². The molecule has 0 saturated carbocycles. The number of quaternary nitrogens is 1. The predicted molar refractivity (Wildman–Crippen MR) is 87.1 cm³/mol. The summed E-state index contributed by atoms with van der Waals surface area (Å²) in [5.74, 6) is -0.882. The van der Waals surface area contributed by atoms with Gasteiger partial charge >= 0.3 is 5.97 Å². The molecule has 2 N–H and O–H groups in total.